The largest absolute Gasteiger partial charge is 0.493 e. The number of nitrogens with zero attached hydrogens (tertiary/aromatic N) is 2. The van der Waals surface area contributed by atoms with E-state index >= 15 is 0 Å². The van der Waals surface area contributed by atoms with Crippen molar-refractivity contribution in [3.63, 3.8) is 0 Å². The highest BCUT2D eigenvalue weighted by Gasteiger charge is 2.15. The molecule has 1 amide bonds. The van der Waals surface area contributed by atoms with Gasteiger partial charge in [-0.05, 0) is 41.5 Å². The van der Waals surface area contributed by atoms with E-state index in [9.17, 15) is 4.79 Å². The summed E-state index contributed by atoms with van der Waals surface area (Å²) < 4.78 is 5.83. The number of amides is 1. The van der Waals surface area contributed by atoms with Crippen LogP contribution < -0.4 is 10.1 Å². The monoisotopic (exact) mass is 443 g/mol. The minimum Gasteiger partial charge on any atom is -0.493 e. The average molecular weight is 444 g/mol. The second-order valence-corrected chi connectivity index (χ2v) is 7.57. The van der Waals surface area contributed by atoms with Crippen LogP contribution in [-0.2, 0) is 13.0 Å². The lowest BCUT2D eigenvalue weighted by Gasteiger charge is -2.24. The number of thiocarbonyl (C=S) groups is 1. The van der Waals surface area contributed by atoms with Crippen LogP contribution in [0.25, 0.3) is 0 Å². The summed E-state index contributed by atoms with van der Waals surface area (Å²) in [5.74, 6) is 0.323. The van der Waals surface area contributed by atoms with Gasteiger partial charge in [-0.3, -0.25) is 10.1 Å². The van der Waals surface area contributed by atoms with Crippen LogP contribution in [-0.4, -0.2) is 29.1 Å². The van der Waals surface area contributed by atoms with E-state index in [2.05, 4.69) is 23.5 Å². The van der Waals surface area contributed by atoms with Crippen molar-refractivity contribution >= 4 is 23.2 Å². The standard InChI is InChI=1S/C26H25N3O2S/c27-16-8-17-29(20-22-11-5-2-6-12-22)26(32)28-25(30)23-13-7-14-24(19-23)31-18-15-21-9-3-1-4-10-21/h1-7,9-14,19H,8,15,17-18,20H2,(H,28,30,32). The van der Waals surface area contributed by atoms with Gasteiger partial charge in [-0.2, -0.15) is 5.26 Å². The molecule has 6 heteroatoms. The Morgan fingerprint density at radius 1 is 0.969 bits per heavy atom. The van der Waals surface area contributed by atoms with Gasteiger partial charge >= 0.3 is 0 Å². The summed E-state index contributed by atoms with van der Waals surface area (Å²) in [5.41, 5.74) is 2.71. The lowest BCUT2D eigenvalue weighted by molar-refractivity contribution is 0.0972. The van der Waals surface area contributed by atoms with Crippen molar-refractivity contribution in [2.24, 2.45) is 0 Å². The molecule has 162 valence electrons. The first-order valence-electron chi connectivity index (χ1n) is 10.4. The van der Waals surface area contributed by atoms with Crippen LogP contribution in [0.2, 0.25) is 0 Å². The first kappa shape index (κ1) is 23.0. The molecule has 3 aromatic carbocycles. The molecule has 0 aliphatic heterocycles. The molecule has 0 spiro atoms. The second kappa shape index (κ2) is 12.2. The fourth-order valence-corrected chi connectivity index (χ4v) is 3.40. The molecular formula is C26H25N3O2S. The molecule has 0 aliphatic rings. The highest BCUT2D eigenvalue weighted by atomic mass is 32.1. The Morgan fingerprint density at radius 3 is 2.34 bits per heavy atom. The Bertz CT molecular complexity index is 1070. The number of carbonyl (C=O) groups is 1. The molecule has 3 aromatic rings. The highest BCUT2D eigenvalue weighted by molar-refractivity contribution is 7.80. The summed E-state index contributed by atoms with van der Waals surface area (Å²) in [6, 6.07) is 29.1. The van der Waals surface area contributed by atoms with Crippen molar-refractivity contribution in [3.05, 3.63) is 102 Å². The molecule has 0 bridgehead atoms. The maximum absolute atomic E-state index is 12.8. The zero-order valence-corrected chi connectivity index (χ0v) is 18.6. The molecular weight excluding hydrogens is 418 g/mol. The Hall–Kier alpha value is -3.69. The van der Waals surface area contributed by atoms with Crippen LogP contribution in [0.3, 0.4) is 0 Å². The third-order valence-electron chi connectivity index (χ3n) is 4.82. The van der Waals surface area contributed by atoms with Crippen molar-refractivity contribution in [2.45, 2.75) is 19.4 Å². The molecule has 1 N–H and O–H groups in total. The van der Waals surface area contributed by atoms with Gasteiger partial charge in [0.1, 0.15) is 5.75 Å². The van der Waals surface area contributed by atoms with E-state index in [1.165, 1.54) is 5.56 Å². The smallest absolute Gasteiger partial charge is 0.257 e. The summed E-state index contributed by atoms with van der Waals surface area (Å²) >= 11 is 5.47. The number of nitrogens with one attached hydrogen (secondary N) is 1. The van der Waals surface area contributed by atoms with Gasteiger partial charge in [-0.1, -0.05) is 66.7 Å². The SMILES string of the molecule is N#CCCN(Cc1ccccc1)C(=S)NC(=O)c1cccc(OCCc2ccccc2)c1. The van der Waals surface area contributed by atoms with Crippen LogP contribution in [0.15, 0.2) is 84.9 Å². The Morgan fingerprint density at radius 2 is 1.66 bits per heavy atom. The molecule has 0 aromatic heterocycles. The van der Waals surface area contributed by atoms with Crippen LogP contribution in [0.4, 0.5) is 0 Å². The van der Waals surface area contributed by atoms with E-state index < -0.39 is 0 Å². The number of nitriles is 1. The van der Waals surface area contributed by atoms with Crippen LogP contribution in [0.1, 0.15) is 27.9 Å². The number of benzene rings is 3. The third-order valence-corrected chi connectivity index (χ3v) is 5.18. The zero-order valence-electron chi connectivity index (χ0n) is 17.7. The van der Waals surface area contributed by atoms with Crippen LogP contribution in [0, 0.1) is 11.3 Å². The maximum atomic E-state index is 12.8. The molecule has 0 unspecified atom stereocenters. The van der Waals surface area contributed by atoms with Gasteiger partial charge in [-0.15, -0.1) is 0 Å². The van der Waals surface area contributed by atoms with Crippen LogP contribution >= 0.6 is 12.2 Å². The molecule has 0 heterocycles. The molecule has 0 aliphatic carbocycles. The molecule has 32 heavy (non-hydrogen) atoms. The fraction of sp³-hybridized carbons (Fsp3) is 0.192. The van der Waals surface area contributed by atoms with Gasteiger partial charge < -0.3 is 9.64 Å². The average Bonchev–Trinajstić information content (AvgIpc) is 2.83. The predicted octanol–water partition coefficient (Wildman–Crippen LogP) is 4.74. The van der Waals surface area contributed by atoms with Crippen molar-refractivity contribution in [1.29, 1.82) is 5.26 Å². The highest BCUT2D eigenvalue weighted by Crippen LogP contribution is 2.14. The maximum Gasteiger partial charge on any atom is 0.257 e. The Labute approximate surface area is 194 Å². The summed E-state index contributed by atoms with van der Waals surface area (Å²) in [6.45, 7) is 1.48. The fourth-order valence-electron chi connectivity index (χ4n) is 3.15. The lowest BCUT2D eigenvalue weighted by Crippen LogP contribution is -2.42. The van der Waals surface area contributed by atoms with Gasteiger partial charge in [0.05, 0.1) is 19.1 Å². The van der Waals surface area contributed by atoms with Gasteiger partial charge in [0.15, 0.2) is 5.11 Å². The normalized spacial score (nSPS) is 10.1. The van der Waals surface area contributed by atoms with E-state index in [1.54, 1.807) is 18.2 Å². The van der Waals surface area contributed by atoms with Gasteiger partial charge in [0.2, 0.25) is 0 Å². The molecule has 0 saturated carbocycles. The Kier molecular flexibility index (Phi) is 8.79. The number of ether oxygens (including phenoxy) is 1. The summed E-state index contributed by atoms with van der Waals surface area (Å²) in [7, 11) is 0. The minimum atomic E-state index is -0.307. The number of rotatable bonds is 9. The quantitative estimate of drug-likeness (QED) is 0.484. The predicted molar refractivity (Wildman–Crippen MR) is 129 cm³/mol. The molecule has 0 atom stereocenters. The summed E-state index contributed by atoms with van der Waals surface area (Å²) in [6.07, 6.45) is 1.10. The number of carbonyl (C=O) groups excluding carboxylic acids is 1. The number of hydrogen-bond acceptors (Lipinski definition) is 4. The van der Waals surface area contributed by atoms with Crippen LogP contribution in [0.5, 0.6) is 5.75 Å². The second-order valence-electron chi connectivity index (χ2n) is 7.19. The first-order valence-corrected chi connectivity index (χ1v) is 10.8. The molecule has 5 nitrogen and oxygen atoms in total. The summed E-state index contributed by atoms with van der Waals surface area (Å²) in [5, 5.41) is 12.1. The third kappa shape index (κ3) is 7.22. The first-order chi connectivity index (χ1) is 15.7. The van der Waals surface area contributed by atoms with E-state index in [1.807, 2.05) is 59.5 Å². The van der Waals surface area contributed by atoms with Crippen molar-refractivity contribution < 1.29 is 9.53 Å². The van der Waals surface area contributed by atoms with E-state index in [0.717, 1.165) is 12.0 Å². The van der Waals surface area contributed by atoms with Gasteiger partial charge in [-0.25, -0.2) is 0 Å². The topological polar surface area (TPSA) is 65.4 Å². The van der Waals surface area contributed by atoms with Crippen molar-refractivity contribution in [2.75, 3.05) is 13.2 Å². The van der Waals surface area contributed by atoms with Crippen molar-refractivity contribution in [1.82, 2.24) is 10.2 Å². The van der Waals surface area contributed by atoms with Gasteiger partial charge in [0, 0.05) is 25.1 Å². The molecule has 0 fully saturated rings. The molecule has 3 rings (SSSR count). The zero-order chi connectivity index (χ0) is 22.6. The van der Waals surface area contributed by atoms with Gasteiger partial charge in [0.25, 0.3) is 5.91 Å². The van der Waals surface area contributed by atoms with Crippen molar-refractivity contribution in [3.8, 4) is 11.8 Å². The Balaban J connectivity index is 1.58. The number of hydrogen-bond donors (Lipinski definition) is 1. The van der Waals surface area contributed by atoms with E-state index in [-0.39, 0.29) is 5.91 Å². The van der Waals surface area contributed by atoms with E-state index in [0.29, 0.717) is 42.5 Å². The summed E-state index contributed by atoms with van der Waals surface area (Å²) in [4.78, 5) is 14.6. The molecule has 0 saturated heterocycles. The van der Waals surface area contributed by atoms with E-state index in [4.69, 9.17) is 22.2 Å². The lowest BCUT2D eigenvalue weighted by atomic mass is 10.2. The molecule has 0 radical (unpaired) electrons. The minimum absolute atomic E-state index is 0.296.